The molecule has 0 radical (unpaired) electrons. The number of pyridine rings is 1. The Labute approximate surface area is 139 Å². The van der Waals surface area contributed by atoms with E-state index in [0.29, 0.717) is 0 Å². The van der Waals surface area contributed by atoms with Crippen LogP contribution in [0.1, 0.15) is 30.9 Å². The first kappa shape index (κ1) is 15.8. The molecule has 1 aliphatic rings. The zero-order valence-corrected chi connectivity index (χ0v) is 13.8. The van der Waals surface area contributed by atoms with Crippen molar-refractivity contribution >= 4 is 11.9 Å². The molecule has 1 aromatic heterocycles. The molecular formula is C20H25N3. The van der Waals surface area contributed by atoms with E-state index in [-0.39, 0.29) is 0 Å². The zero-order valence-electron chi connectivity index (χ0n) is 13.8. The number of nitrogens with one attached hydrogen (secondary N) is 1. The fourth-order valence-corrected chi connectivity index (χ4v) is 2.94. The molecule has 0 unspecified atom stereocenters. The molecule has 1 N–H and O–H groups in total. The summed E-state index contributed by atoms with van der Waals surface area (Å²) in [5, 5.41) is 3.49. The van der Waals surface area contributed by atoms with Gasteiger partial charge in [0, 0.05) is 32.4 Å². The Hall–Kier alpha value is -2.13. The molecule has 2 heterocycles. The van der Waals surface area contributed by atoms with Crippen LogP contribution in [0.5, 0.6) is 0 Å². The summed E-state index contributed by atoms with van der Waals surface area (Å²) >= 11 is 0. The van der Waals surface area contributed by atoms with Crippen molar-refractivity contribution in [3.8, 4) is 0 Å². The third-order valence-corrected chi connectivity index (χ3v) is 4.18. The van der Waals surface area contributed by atoms with Gasteiger partial charge in [-0.25, -0.2) is 4.98 Å². The van der Waals surface area contributed by atoms with Crippen molar-refractivity contribution in [3.63, 3.8) is 0 Å². The summed E-state index contributed by atoms with van der Waals surface area (Å²) in [7, 11) is 0. The summed E-state index contributed by atoms with van der Waals surface area (Å²) in [5.74, 6) is 1.12. The van der Waals surface area contributed by atoms with Crippen LogP contribution in [0.15, 0.2) is 54.2 Å². The molecule has 23 heavy (non-hydrogen) atoms. The highest BCUT2D eigenvalue weighted by molar-refractivity contribution is 5.52. The average molecular weight is 307 g/mol. The monoisotopic (exact) mass is 307 g/mol. The fraction of sp³-hybridized carbons (Fsp3) is 0.350. The number of benzene rings is 1. The van der Waals surface area contributed by atoms with E-state index < -0.39 is 0 Å². The predicted octanol–water partition coefficient (Wildman–Crippen LogP) is 3.87. The Bertz CT molecular complexity index is 626. The topological polar surface area (TPSA) is 28.2 Å². The molecule has 0 amide bonds. The molecule has 3 heteroatoms. The Kier molecular flexibility index (Phi) is 5.43. The standard InChI is InChI=1S/C20H25N3/c1-17(13-18-7-3-2-4-8-18)14-21-15-19-9-10-20(22-16-19)23-11-5-6-12-23/h2-4,7-10,13,16,21H,5-6,11-12,14-15H2,1H3/b17-13-. The highest BCUT2D eigenvalue weighted by Crippen LogP contribution is 2.17. The third kappa shape index (κ3) is 4.67. The lowest BCUT2D eigenvalue weighted by molar-refractivity contribution is 0.738. The van der Waals surface area contributed by atoms with E-state index in [0.717, 1.165) is 32.0 Å². The van der Waals surface area contributed by atoms with Crippen LogP contribution in [0.25, 0.3) is 6.08 Å². The van der Waals surface area contributed by atoms with Crippen molar-refractivity contribution in [2.24, 2.45) is 0 Å². The van der Waals surface area contributed by atoms with Gasteiger partial charge in [-0.2, -0.15) is 0 Å². The first-order valence-electron chi connectivity index (χ1n) is 8.44. The normalized spacial score (nSPS) is 15.2. The van der Waals surface area contributed by atoms with E-state index in [4.69, 9.17) is 0 Å². The van der Waals surface area contributed by atoms with Crippen LogP contribution in [0.3, 0.4) is 0 Å². The lowest BCUT2D eigenvalue weighted by Gasteiger charge is -2.16. The molecule has 1 fully saturated rings. The fourth-order valence-electron chi connectivity index (χ4n) is 2.94. The molecule has 0 spiro atoms. The zero-order chi connectivity index (χ0) is 15.9. The lowest BCUT2D eigenvalue weighted by Crippen LogP contribution is -2.19. The van der Waals surface area contributed by atoms with Gasteiger partial charge < -0.3 is 10.2 Å². The van der Waals surface area contributed by atoms with Gasteiger partial charge in [0.2, 0.25) is 0 Å². The smallest absolute Gasteiger partial charge is 0.128 e. The lowest BCUT2D eigenvalue weighted by atomic mass is 10.1. The van der Waals surface area contributed by atoms with Gasteiger partial charge in [-0.15, -0.1) is 0 Å². The van der Waals surface area contributed by atoms with Crippen molar-refractivity contribution in [3.05, 3.63) is 65.4 Å². The van der Waals surface area contributed by atoms with Crippen molar-refractivity contribution in [2.45, 2.75) is 26.3 Å². The van der Waals surface area contributed by atoms with Crippen LogP contribution in [0.4, 0.5) is 5.82 Å². The molecule has 0 saturated carbocycles. The quantitative estimate of drug-likeness (QED) is 0.878. The molecule has 2 aromatic rings. The maximum Gasteiger partial charge on any atom is 0.128 e. The van der Waals surface area contributed by atoms with Crippen molar-refractivity contribution < 1.29 is 0 Å². The van der Waals surface area contributed by atoms with Crippen molar-refractivity contribution in [1.82, 2.24) is 10.3 Å². The molecule has 1 saturated heterocycles. The Morgan fingerprint density at radius 3 is 2.61 bits per heavy atom. The van der Waals surface area contributed by atoms with E-state index in [9.17, 15) is 0 Å². The third-order valence-electron chi connectivity index (χ3n) is 4.18. The number of aromatic nitrogens is 1. The summed E-state index contributed by atoms with van der Waals surface area (Å²) in [6.07, 6.45) is 6.80. The van der Waals surface area contributed by atoms with Gasteiger partial charge in [0.1, 0.15) is 5.82 Å². The molecule has 120 valence electrons. The van der Waals surface area contributed by atoms with Gasteiger partial charge in [0.15, 0.2) is 0 Å². The number of hydrogen-bond acceptors (Lipinski definition) is 3. The summed E-state index contributed by atoms with van der Waals surface area (Å²) in [5.41, 5.74) is 3.82. The van der Waals surface area contributed by atoms with E-state index in [1.165, 1.54) is 29.5 Å². The summed E-state index contributed by atoms with van der Waals surface area (Å²) in [6, 6.07) is 14.8. The summed E-state index contributed by atoms with van der Waals surface area (Å²) in [4.78, 5) is 6.96. The first-order chi connectivity index (χ1) is 11.3. The number of anilines is 1. The number of hydrogen-bond donors (Lipinski definition) is 1. The predicted molar refractivity (Wildman–Crippen MR) is 97.5 cm³/mol. The molecule has 3 rings (SSSR count). The highest BCUT2D eigenvalue weighted by Gasteiger charge is 2.12. The van der Waals surface area contributed by atoms with Crippen molar-refractivity contribution in [2.75, 3.05) is 24.5 Å². The minimum absolute atomic E-state index is 0.854. The second-order valence-corrected chi connectivity index (χ2v) is 6.22. The Balaban J connectivity index is 1.47. The van der Waals surface area contributed by atoms with E-state index in [1.807, 2.05) is 12.3 Å². The second kappa shape index (κ2) is 7.93. The maximum absolute atomic E-state index is 4.60. The van der Waals surface area contributed by atoms with Gasteiger partial charge in [-0.05, 0) is 37.0 Å². The number of nitrogens with zero attached hydrogens (tertiary/aromatic N) is 2. The van der Waals surface area contributed by atoms with E-state index >= 15 is 0 Å². The van der Waals surface area contributed by atoms with Crippen molar-refractivity contribution in [1.29, 1.82) is 0 Å². The molecular weight excluding hydrogens is 282 g/mol. The van der Waals surface area contributed by atoms with Gasteiger partial charge in [-0.1, -0.05) is 48.0 Å². The largest absolute Gasteiger partial charge is 0.357 e. The van der Waals surface area contributed by atoms with E-state index in [1.54, 1.807) is 0 Å². The first-order valence-corrected chi connectivity index (χ1v) is 8.44. The molecule has 3 nitrogen and oxygen atoms in total. The number of rotatable bonds is 6. The van der Waals surface area contributed by atoms with Crippen LogP contribution in [0.2, 0.25) is 0 Å². The summed E-state index contributed by atoms with van der Waals surface area (Å²) < 4.78 is 0. The average Bonchev–Trinajstić information content (AvgIpc) is 3.11. The Morgan fingerprint density at radius 1 is 1.13 bits per heavy atom. The summed E-state index contributed by atoms with van der Waals surface area (Å²) in [6.45, 7) is 6.20. The maximum atomic E-state index is 4.60. The van der Waals surface area contributed by atoms with Crippen LogP contribution in [-0.2, 0) is 6.54 Å². The molecule has 1 aromatic carbocycles. The second-order valence-electron chi connectivity index (χ2n) is 6.22. The molecule has 1 aliphatic heterocycles. The Morgan fingerprint density at radius 2 is 1.91 bits per heavy atom. The van der Waals surface area contributed by atoms with Gasteiger partial charge in [0.25, 0.3) is 0 Å². The van der Waals surface area contributed by atoms with Crippen LogP contribution in [-0.4, -0.2) is 24.6 Å². The van der Waals surface area contributed by atoms with Crippen LogP contribution < -0.4 is 10.2 Å². The minimum Gasteiger partial charge on any atom is -0.357 e. The van der Waals surface area contributed by atoms with Gasteiger partial charge in [0.05, 0.1) is 0 Å². The van der Waals surface area contributed by atoms with Crippen LogP contribution >= 0.6 is 0 Å². The highest BCUT2D eigenvalue weighted by atomic mass is 15.2. The molecule has 0 atom stereocenters. The minimum atomic E-state index is 0.854. The SMILES string of the molecule is C/C(=C/c1ccccc1)CNCc1ccc(N2CCCC2)nc1. The van der Waals surface area contributed by atoms with Gasteiger partial charge >= 0.3 is 0 Å². The van der Waals surface area contributed by atoms with E-state index in [2.05, 4.69) is 64.6 Å². The van der Waals surface area contributed by atoms with Crippen LogP contribution in [0, 0.1) is 0 Å². The van der Waals surface area contributed by atoms with Gasteiger partial charge in [-0.3, -0.25) is 0 Å². The molecule has 0 aliphatic carbocycles. The molecule has 0 bridgehead atoms.